The van der Waals surface area contributed by atoms with Crippen LogP contribution in [0.4, 0.5) is 0 Å². The number of carbonyl (C=O) groups is 1. The highest BCUT2D eigenvalue weighted by Gasteiger charge is 2.74. The van der Waals surface area contributed by atoms with Crippen molar-refractivity contribution in [2.24, 2.45) is 40.4 Å². The van der Waals surface area contributed by atoms with Gasteiger partial charge in [0, 0.05) is 11.8 Å². The molecule has 0 N–H and O–H groups in total. The van der Waals surface area contributed by atoms with Crippen LogP contribution in [0.15, 0.2) is 66.7 Å². The van der Waals surface area contributed by atoms with Crippen molar-refractivity contribution in [1.29, 1.82) is 0 Å². The first kappa shape index (κ1) is 24.8. The van der Waals surface area contributed by atoms with E-state index in [-0.39, 0.29) is 10.8 Å². The van der Waals surface area contributed by atoms with Crippen LogP contribution in [-0.4, -0.2) is 17.5 Å². The molecule has 1 spiro atoms. The van der Waals surface area contributed by atoms with E-state index in [1.54, 1.807) is 0 Å². The summed E-state index contributed by atoms with van der Waals surface area (Å²) in [5, 5.41) is 0. The molecule has 8 rings (SSSR count). The lowest BCUT2D eigenvalue weighted by atomic mass is 9.41. The van der Waals surface area contributed by atoms with Crippen molar-refractivity contribution in [2.75, 3.05) is 0 Å². The van der Waals surface area contributed by atoms with Crippen molar-refractivity contribution in [1.82, 2.24) is 0 Å². The molecule has 9 atom stereocenters. The number of rotatable bonds is 5. The number of carbonyl (C=O) groups excluding carboxylic acids is 1. The normalized spacial score (nSPS) is 41.8. The molecule has 0 radical (unpaired) electrons. The lowest BCUT2D eigenvalue weighted by Gasteiger charge is -2.70. The van der Waals surface area contributed by atoms with Gasteiger partial charge in [0.15, 0.2) is 5.78 Å². The third kappa shape index (κ3) is 3.51. The van der Waals surface area contributed by atoms with Gasteiger partial charge in [0.05, 0.1) is 6.10 Å². The Morgan fingerprint density at radius 2 is 1.63 bits per heavy atom. The van der Waals surface area contributed by atoms with Gasteiger partial charge >= 0.3 is 0 Å². The summed E-state index contributed by atoms with van der Waals surface area (Å²) < 4.78 is 6.93. The molecule has 6 fully saturated rings. The number of benzene rings is 2. The van der Waals surface area contributed by atoms with Gasteiger partial charge in [-0.3, -0.25) is 4.79 Å². The van der Waals surface area contributed by atoms with Crippen molar-refractivity contribution in [3.8, 4) is 0 Å². The quantitative estimate of drug-likeness (QED) is 0.405. The predicted octanol–water partition coefficient (Wildman–Crippen LogP) is 8.50. The Bertz CT molecular complexity index is 1190. The molecule has 2 aliphatic heterocycles. The maximum Gasteiger partial charge on any atom is 0.166 e. The first-order chi connectivity index (χ1) is 18.3. The third-order valence-corrected chi connectivity index (χ3v) is 12.3. The smallest absolute Gasteiger partial charge is 0.166 e. The number of ether oxygens (including phenoxy) is 1. The van der Waals surface area contributed by atoms with Gasteiger partial charge in [0.2, 0.25) is 0 Å². The van der Waals surface area contributed by atoms with Crippen molar-refractivity contribution in [2.45, 2.75) is 90.3 Å². The molecule has 200 valence electrons. The monoisotopic (exact) mass is 508 g/mol. The number of allylic oxidation sites excluding steroid dienone is 1. The minimum absolute atomic E-state index is 0.0653. The molecule has 0 amide bonds. The molecule has 0 unspecified atom stereocenters. The fraction of sp³-hybridized carbons (Fsp3) is 0.583. The summed E-state index contributed by atoms with van der Waals surface area (Å²) >= 11 is 0. The number of Topliss-reactive ketones (excluding diaryl/α,β-unsaturated/α-hetero) is 1. The van der Waals surface area contributed by atoms with E-state index in [2.05, 4.69) is 87.5 Å². The van der Waals surface area contributed by atoms with Crippen LogP contribution < -0.4 is 0 Å². The van der Waals surface area contributed by atoms with Crippen LogP contribution in [0, 0.1) is 40.4 Å². The van der Waals surface area contributed by atoms with Crippen molar-refractivity contribution >= 4 is 11.4 Å². The highest BCUT2D eigenvalue weighted by molar-refractivity contribution is 5.91. The molecule has 2 heteroatoms. The standard InChI is InChI=1S/C36H44O2/c1-24(14-16-30(25-10-6-4-7-11-25)26-12-8-5-9-13-26)27-20-32-31-17-15-28-21-29-18-19-35(28,3)36(31,38-29)33(37)23-34(32,2)22-27/h4-13,16,24,27-29,31-32H,14-15,17-23H2,1-3H3/t24-,27-,28+,29+,31-,32-,34-,35-,36-/m0/s1. The molecule has 2 aromatic rings. The van der Waals surface area contributed by atoms with Crippen LogP contribution in [-0.2, 0) is 9.53 Å². The summed E-state index contributed by atoms with van der Waals surface area (Å²) in [5.74, 6) is 3.48. The van der Waals surface area contributed by atoms with Gasteiger partial charge in [-0.15, -0.1) is 0 Å². The molecule has 2 nitrogen and oxygen atoms in total. The zero-order valence-corrected chi connectivity index (χ0v) is 23.5. The van der Waals surface area contributed by atoms with Gasteiger partial charge in [-0.25, -0.2) is 0 Å². The SMILES string of the molecule is C[C@@H](CC=C(c1ccccc1)c1ccccc1)[C@H]1C[C@H]2[C@@H]3CC[C@@H]4C[C@H]5CC[C@]4(C)[C@@]3(O5)C(=O)C[C@]2(C)C1. The average molecular weight is 509 g/mol. The highest BCUT2D eigenvalue weighted by atomic mass is 16.5. The maximum absolute atomic E-state index is 14.2. The van der Waals surface area contributed by atoms with Crippen LogP contribution in [0.5, 0.6) is 0 Å². The van der Waals surface area contributed by atoms with E-state index in [4.69, 9.17) is 4.74 Å². The van der Waals surface area contributed by atoms with E-state index >= 15 is 0 Å². The molecule has 4 aliphatic carbocycles. The Balaban J connectivity index is 1.15. The number of ketones is 1. The molecule has 0 aromatic heterocycles. The first-order valence-electron chi connectivity index (χ1n) is 15.4. The van der Waals surface area contributed by atoms with Gasteiger partial charge in [0.25, 0.3) is 0 Å². The van der Waals surface area contributed by atoms with E-state index in [9.17, 15) is 4.79 Å². The summed E-state index contributed by atoms with van der Waals surface area (Å²) in [7, 11) is 0. The van der Waals surface area contributed by atoms with Gasteiger partial charge in [-0.05, 0) is 103 Å². The molecule has 38 heavy (non-hydrogen) atoms. The van der Waals surface area contributed by atoms with E-state index in [0.717, 1.165) is 19.3 Å². The van der Waals surface area contributed by atoms with Crippen LogP contribution in [0.25, 0.3) is 5.57 Å². The summed E-state index contributed by atoms with van der Waals surface area (Å²) in [6.07, 6.45) is 13.2. The molecule has 2 aromatic carbocycles. The Morgan fingerprint density at radius 1 is 0.947 bits per heavy atom. The Labute approximate surface area is 229 Å². The topological polar surface area (TPSA) is 26.3 Å². The Kier molecular flexibility index (Phi) is 5.82. The van der Waals surface area contributed by atoms with E-state index < -0.39 is 5.60 Å². The van der Waals surface area contributed by atoms with Crippen molar-refractivity contribution in [3.05, 3.63) is 77.9 Å². The Hall–Kier alpha value is -2.19. The molecule has 2 saturated heterocycles. The van der Waals surface area contributed by atoms with E-state index in [0.29, 0.717) is 41.5 Å². The van der Waals surface area contributed by atoms with Crippen molar-refractivity contribution in [3.63, 3.8) is 0 Å². The minimum Gasteiger partial charge on any atom is -0.363 e. The third-order valence-electron chi connectivity index (χ3n) is 12.3. The number of hydrogen-bond acceptors (Lipinski definition) is 2. The highest BCUT2D eigenvalue weighted by Crippen LogP contribution is 2.72. The molecule has 4 bridgehead atoms. The average Bonchev–Trinajstić information content (AvgIpc) is 3.27. The van der Waals surface area contributed by atoms with Gasteiger partial charge in [0.1, 0.15) is 5.60 Å². The van der Waals surface area contributed by atoms with Crippen LogP contribution in [0.3, 0.4) is 0 Å². The summed E-state index contributed by atoms with van der Waals surface area (Å²) in [4.78, 5) is 14.2. The lowest BCUT2D eigenvalue weighted by molar-refractivity contribution is -0.306. The Morgan fingerprint density at radius 3 is 2.32 bits per heavy atom. The lowest BCUT2D eigenvalue weighted by Crippen LogP contribution is -2.74. The second-order valence-electron chi connectivity index (χ2n) is 14.2. The first-order valence-corrected chi connectivity index (χ1v) is 15.4. The van der Waals surface area contributed by atoms with Crippen molar-refractivity contribution < 1.29 is 9.53 Å². The second kappa shape index (κ2) is 8.91. The molecule has 6 aliphatic rings. The largest absolute Gasteiger partial charge is 0.363 e. The maximum atomic E-state index is 14.2. The van der Waals surface area contributed by atoms with E-state index in [1.807, 2.05) is 0 Å². The summed E-state index contributed by atoms with van der Waals surface area (Å²) in [6.45, 7) is 7.36. The second-order valence-corrected chi connectivity index (χ2v) is 14.2. The summed E-state index contributed by atoms with van der Waals surface area (Å²) in [6, 6.07) is 21.7. The van der Waals surface area contributed by atoms with Gasteiger partial charge in [-0.2, -0.15) is 0 Å². The number of fused-ring (bicyclic) bond motifs is 3. The molecular weight excluding hydrogens is 464 g/mol. The van der Waals surface area contributed by atoms with Crippen LogP contribution in [0.2, 0.25) is 0 Å². The van der Waals surface area contributed by atoms with Gasteiger partial charge < -0.3 is 4.74 Å². The number of hydrogen-bond donors (Lipinski definition) is 0. The predicted molar refractivity (Wildman–Crippen MR) is 153 cm³/mol. The summed E-state index contributed by atoms with van der Waals surface area (Å²) in [5.41, 5.74) is 3.65. The molecular formula is C36H44O2. The fourth-order valence-electron chi connectivity index (χ4n) is 10.3. The van der Waals surface area contributed by atoms with E-state index in [1.165, 1.54) is 55.2 Å². The van der Waals surface area contributed by atoms with Crippen LogP contribution in [0.1, 0.15) is 89.7 Å². The molecule has 2 heterocycles. The fourth-order valence-corrected chi connectivity index (χ4v) is 10.3. The minimum atomic E-state index is -0.479. The molecule has 4 saturated carbocycles. The zero-order chi connectivity index (χ0) is 26.1. The van der Waals surface area contributed by atoms with Crippen LogP contribution >= 0.6 is 0 Å². The van der Waals surface area contributed by atoms with Gasteiger partial charge in [-0.1, -0.05) is 87.5 Å². The zero-order valence-electron chi connectivity index (χ0n) is 23.5.